The fraction of sp³-hybridized carbons (Fsp3) is 0.774. The molecule has 0 saturated heterocycles. The summed E-state index contributed by atoms with van der Waals surface area (Å²) in [5, 5.41) is 0. The molecule has 0 aliphatic heterocycles. The molecule has 1 unspecified atom stereocenters. The van der Waals surface area contributed by atoms with Gasteiger partial charge in [-0.1, -0.05) is 66.2 Å². The van der Waals surface area contributed by atoms with E-state index < -0.39 is 5.41 Å². The van der Waals surface area contributed by atoms with Gasteiger partial charge in [-0.25, -0.2) is 0 Å². The molecule has 5 aliphatic rings. The van der Waals surface area contributed by atoms with Crippen LogP contribution < -0.4 is 0 Å². The first-order valence-corrected chi connectivity index (χ1v) is 13.6. The summed E-state index contributed by atoms with van der Waals surface area (Å²) in [5.41, 5.74) is 1.46. The molecule has 3 saturated carbocycles. The maximum absolute atomic E-state index is 13.1. The van der Waals surface area contributed by atoms with E-state index in [0.29, 0.717) is 17.4 Å². The minimum absolute atomic E-state index is 0.0182. The van der Waals surface area contributed by atoms with Crippen LogP contribution in [0.15, 0.2) is 23.3 Å². The van der Waals surface area contributed by atoms with Crippen LogP contribution in [0.4, 0.5) is 0 Å². The van der Waals surface area contributed by atoms with Crippen molar-refractivity contribution in [3.8, 4) is 0 Å². The van der Waals surface area contributed by atoms with Crippen molar-refractivity contribution in [1.29, 1.82) is 0 Å². The molecule has 0 radical (unpaired) electrons. The SMILES string of the molecule is CC1(C)CC[C@]2(C=O)CC[C@]3(C)C(=CC[C@@H]4[C@@]5(C)C=C(C=O)C(=O)C(C)(C)[C@@H]5CC[C@]43C)C2C1. The van der Waals surface area contributed by atoms with Crippen molar-refractivity contribution >= 4 is 18.4 Å². The van der Waals surface area contributed by atoms with Crippen molar-refractivity contribution in [2.75, 3.05) is 0 Å². The molecule has 0 aromatic heterocycles. The molecule has 5 aliphatic carbocycles. The molecule has 34 heavy (non-hydrogen) atoms. The predicted octanol–water partition coefficient (Wildman–Crippen LogP) is 6.90. The smallest absolute Gasteiger partial charge is 0.171 e. The molecule has 7 atom stereocenters. The van der Waals surface area contributed by atoms with Gasteiger partial charge in [0.1, 0.15) is 6.29 Å². The number of ketones is 1. The van der Waals surface area contributed by atoms with Gasteiger partial charge in [0.25, 0.3) is 0 Å². The summed E-state index contributed by atoms with van der Waals surface area (Å²) in [6.45, 7) is 16.2. The minimum atomic E-state index is -0.515. The molecule has 0 aromatic carbocycles. The van der Waals surface area contributed by atoms with Gasteiger partial charge in [-0.05, 0) is 90.8 Å². The Morgan fingerprint density at radius 1 is 0.882 bits per heavy atom. The van der Waals surface area contributed by atoms with Crippen molar-refractivity contribution in [1.82, 2.24) is 0 Å². The molecule has 0 N–H and O–H groups in total. The Morgan fingerprint density at radius 3 is 2.21 bits per heavy atom. The van der Waals surface area contributed by atoms with Gasteiger partial charge in [-0.15, -0.1) is 0 Å². The number of hydrogen-bond acceptors (Lipinski definition) is 3. The number of hydrogen-bond donors (Lipinski definition) is 0. The van der Waals surface area contributed by atoms with E-state index in [1.807, 2.05) is 0 Å². The summed E-state index contributed by atoms with van der Waals surface area (Å²) < 4.78 is 0. The first-order chi connectivity index (χ1) is 15.7. The van der Waals surface area contributed by atoms with E-state index >= 15 is 0 Å². The van der Waals surface area contributed by atoms with Crippen LogP contribution in [-0.4, -0.2) is 18.4 Å². The molecule has 0 aromatic rings. The zero-order chi connectivity index (χ0) is 24.9. The summed E-state index contributed by atoms with van der Waals surface area (Å²) in [5.74, 6) is 1.00. The van der Waals surface area contributed by atoms with Gasteiger partial charge >= 0.3 is 0 Å². The molecule has 0 spiro atoms. The number of carbonyl (C=O) groups is 3. The summed E-state index contributed by atoms with van der Waals surface area (Å²) in [6.07, 6.45) is 15.1. The minimum Gasteiger partial charge on any atom is -0.303 e. The van der Waals surface area contributed by atoms with Crippen molar-refractivity contribution in [3.63, 3.8) is 0 Å². The Kier molecular flexibility index (Phi) is 5.01. The summed E-state index contributed by atoms with van der Waals surface area (Å²) in [4.78, 5) is 37.7. The second-order valence-electron chi connectivity index (χ2n) is 14.7. The third kappa shape index (κ3) is 2.79. The van der Waals surface area contributed by atoms with Gasteiger partial charge in [0, 0.05) is 10.8 Å². The average molecular weight is 465 g/mol. The molecule has 5 rings (SSSR count). The maximum atomic E-state index is 13.1. The van der Waals surface area contributed by atoms with Gasteiger partial charge in [0.05, 0.1) is 5.57 Å². The Balaban J connectivity index is 1.65. The van der Waals surface area contributed by atoms with E-state index in [9.17, 15) is 14.4 Å². The van der Waals surface area contributed by atoms with Crippen LogP contribution >= 0.6 is 0 Å². The van der Waals surface area contributed by atoms with E-state index in [1.54, 1.807) is 5.57 Å². The van der Waals surface area contributed by atoms with Crippen LogP contribution in [0.5, 0.6) is 0 Å². The Bertz CT molecular complexity index is 1010. The Morgan fingerprint density at radius 2 is 1.56 bits per heavy atom. The first-order valence-electron chi connectivity index (χ1n) is 13.6. The molecule has 0 heterocycles. The fourth-order valence-electron chi connectivity index (χ4n) is 10.2. The molecule has 0 amide bonds. The third-order valence-electron chi connectivity index (χ3n) is 12.4. The van der Waals surface area contributed by atoms with E-state index in [2.05, 4.69) is 60.6 Å². The zero-order valence-electron chi connectivity index (χ0n) is 22.4. The van der Waals surface area contributed by atoms with Crippen LogP contribution in [0, 0.1) is 50.2 Å². The maximum Gasteiger partial charge on any atom is 0.171 e. The largest absolute Gasteiger partial charge is 0.303 e. The van der Waals surface area contributed by atoms with E-state index in [1.165, 1.54) is 6.29 Å². The monoisotopic (exact) mass is 464 g/mol. The summed E-state index contributed by atoms with van der Waals surface area (Å²) in [6, 6.07) is 0. The van der Waals surface area contributed by atoms with Crippen molar-refractivity contribution in [2.45, 2.75) is 99.8 Å². The molecule has 0 bridgehead atoms. The van der Waals surface area contributed by atoms with Crippen LogP contribution in [0.1, 0.15) is 99.8 Å². The topological polar surface area (TPSA) is 51.2 Å². The lowest BCUT2D eigenvalue weighted by atomic mass is 9.34. The van der Waals surface area contributed by atoms with Crippen molar-refractivity contribution in [3.05, 3.63) is 23.3 Å². The van der Waals surface area contributed by atoms with E-state index in [-0.39, 0.29) is 38.8 Å². The highest BCUT2D eigenvalue weighted by atomic mass is 16.1. The fourth-order valence-corrected chi connectivity index (χ4v) is 10.2. The molecule has 3 nitrogen and oxygen atoms in total. The number of carbonyl (C=O) groups excluding carboxylic acids is 3. The molecule has 186 valence electrons. The van der Waals surface area contributed by atoms with Crippen LogP contribution in [0.2, 0.25) is 0 Å². The normalized spacial score (nSPS) is 48.8. The van der Waals surface area contributed by atoms with Gasteiger partial charge < -0.3 is 4.79 Å². The summed E-state index contributed by atoms with van der Waals surface area (Å²) >= 11 is 0. The lowest BCUT2D eigenvalue weighted by Gasteiger charge is -2.69. The van der Waals surface area contributed by atoms with Crippen LogP contribution in [0.25, 0.3) is 0 Å². The Labute approximate surface area is 206 Å². The molecule has 3 heteroatoms. The molecular weight excluding hydrogens is 420 g/mol. The third-order valence-corrected chi connectivity index (χ3v) is 12.4. The van der Waals surface area contributed by atoms with Gasteiger partial charge in [0.15, 0.2) is 12.1 Å². The van der Waals surface area contributed by atoms with E-state index in [0.717, 1.165) is 57.7 Å². The number of aldehydes is 2. The lowest BCUT2D eigenvalue weighted by Crippen LogP contribution is -2.63. The van der Waals surface area contributed by atoms with Crippen LogP contribution in [0.3, 0.4) is 0 Å². The number of fused-ring (bicyclic) bond motifs is 7. The highest BCUT2D eigenvalue weighted by Gasteiger charge is 2.68. The van der Waals surface area contributed by atoms with Gasteiger partial charge in [0.2, 0.25) is 0 Å². The standard InChI is InChI=1S/C31H44O3/c1-26(2)12-14-31(19-33)15-13-29(6)21(22(31)17-26)8-9-24-28(5)16-20(18-32)25(34)27(3,4)23(28)10-11-30(24,29)7/h8,16,18-19,22-24H,9-15,17H2,1-7H3/t22?,23-,24+,28-,29+,30+,31+/m0/s1. The lowest BCUT2D eigenvalue weighted by molar-refractivity contribution is -0.162. The predicted molar refractivity (Wildman–Crippen MR) is 135 cm³/mol. The first kappa shape index (κ1) is 24.2. The van der Waals surface area contributed by atoms with Gasteiger partial charge in [-0.2, -0.15) is 0 Å². The zero-order valence-corrected chi connectivity index (χ0v) is 22.4. The number of allylic oxidation sites excluding steroid dienone is 4. The second-order valence-corrected chi connectivity index (χ2v) is 14.7. The number of rotatable bonds is 2. The highest BCUT2D eigenvalue weighted by molar-refractivity contribution is 6.15. The molecule has 3 fully saturated rings. The summed E-state index contributed by atoms with van der Waals surface area (Å²) in [7, 11) is 0. The Hall–Kier alpha value is -1.51. The number of Topliss-reactive ketones (excluding diaryl/α,β-unsaturated/α-hetero) is 1. The van der Waals surface area contributed by atoms with Crippen molar-refractivity contribution < 1.29 is 14.4 Å². The second kappa shape index (κ2) is 7.04. The van der Waals surface area contributed by atoms with E-state index in [4.69, 9.17) is 0 Å². The average Bonchev–Trinajstić information content (AvgIpc) is 2.76. The highest BCUT2D eigenvalue weighted by Crippen LogP contribution is 2.74. The van der Waals surface area contributed by atoms with Crippen molar-refractivity contribution in [2.24, 2.45) is 50.2 Å². The van der Waals surface area contributed by atoms with Gasteiger partial charge in [-0.3, -0.25) is 9.59 Å². The molecular formula is C31H44O3. The van der Waals surface area contributed by atoms with Crippen LogP contribution in [-0.2, 0) is 14.4 Å². The quantitative estimate of drug-likeness (QED) is 0.254.